The molecule has 2 aromatic rings. The third-order valence-electron chi connectivity index (χ3n) is 2.68. The summed E-state index contributed by atoms with van der Waals surface area (Å²) in [6, 6.07) is 5.17. The molecule has 0 aliphatic carbocycles. The van der Waals surface area contributed by atoms with Crippen molar-refractivity contribution in [1.82, 2.24) is 0 Å². The molecule has 0 bridgehead atoms. The molecule has 2 aromatic carbocycles. The van der Waals surface area contributed by atoms with E-state index in [1.54, 1.807) is 6.92 Å². The largest absolute Gasteiger partial charge is 0.478 e. The standard InChI is InChI=1S/C14H9F3O2/c1-7-2-3-9(14(18)19)10(4-7)13-11(16)5-8(15)6-12(13)17/h2-6H,1H3,(H,18,19). The second-order valence-electron chi connectivity index (χ2n) is 4.10. The van der Waals surface area contributed by atoms with Crippen molar-refractivity contribution < 1.29 is 23.1 Å². The Kier molecular flexibility index (Phi) is 3.29. The summed E-state index contributed by atoms with van der Waals surface area (Å²) >= 11 is 0. The van der Waals surface area contributed by atoms with Crippen LogP contribution in [-0.4, -0.2) is 11.1 Å². The maximum absolute atomic E-state index is 13.7. The van der Waals surface area contributed by atoms with Crippen LogP contribution in [0.25, 0.3) is 11.1 Å². The minimum absolute atomic E-state index is 0.109. The number of aromatic carboxylic acids is 1. The summed E-state index contributed by atoms with van der Waals surface area (Å²) in [6.07, 6.45) is 0. The van der Waals surface area contributed by atoms with Gasteiger partial charge in [-0.3, -0.25) is 0 Å². The van der Waals surface area contributed by atoms with E-state index in [9.17, 15) is 18.0 Å². The number of hydrogen-bond donors (Lipinski definition) is 1. The molecule has 2 nitrogen and oxygen atoms in total. The van der Waals surface area contributed by atoms with Crippen LogP contribution in [0.4, 0.5) is 13.2 Å². The Morgan fingerprint density at radius 2 is 1.63 bits per heavy atom. The Hall–Kier alpha value is -2.30. The zero-order valence-electron chi connectivity index (χ0n) is 9.88. The summed E-state index contributed by atoms with van der Waals surface area (Å²) in [5.41, 5.74) is -0.247. The molecule has 0 saturated carbocycles. The molecule has 98 valence electrons. The van der Waals surface area contributed by atoms with E-state index in [-0.39, 0.29) is 11.1 Å². The Bertz CT molecular complexity index is 643. The van der Waals surface area contributed by atoms with E-state index in [1.165, 1.54) is 18.2 Å². The molecule has 2 rings (SSSR count). The van der Waals surface area contributed by atoms with Crippen molar-refractivity contribution >= 4 is 5.97 Å². The molecule has 0 fully saturated rings. The zero-order valence-corrected chi connectivity index (χ0v) is 9.88. The highest BCUT2D eigenvalue weighted by Gasteiger charge is 2.19. The Morgan fingerprint density at radius 1 is 1.05 bits per heavy atom. The Labute approximate surface area is 107 Å². The maximum Gasteiger partial charge on any atom is 0.336 e. The predicted octanol–water partition coefficient (Wildman–Crippen LogP) is 3.78. The van der Waals surface area contributed by atoms with Gasteiger partial charge in [0.25, 0.3) is 0 Å². The van der Waals surface area contributed by atoms with Crippen LogP contribution in [0.2, 0.25) is 0 Å². The van der Waals surface area contributed by atoms with Crippen molar-refractivity contribution in [3.63, 3.8) is 0 Å². The van der Waals surface area contributed by atoms with E-state index in [1.807, 2.05) is 0 Å². The normalized spacial score (nSPS) is 10.5. The molecule has 0 saturated heterocycles. The molecule has 1 N–H and O–H groups in total. The van der Waals surface area contributed by atoms with Crippen molar-refractivity contribution in [3.8, 4) is 11.1 Å². The van der Waals surface area contributed by atoms with Crippen LogP contribution < -0.4 is 0 Å². The quantitative estimate of drug-likeness (QED) is 0.898. The first-order chi connectivity index (χ1) is 8.90. The van der Waals surface area contributed by atoms with Gasteiger partial charge in [-0.2, -0.15) is 0 Å². The Balaban J connectivity index is 2.78. The van der Waals surface area contributed by atoms with Gasteiger partial charge in [0.2, 0.25) is 0 Å². The lowest BCUT2D eigenvalue weighted by Gasteiger charge is -2.10. The number of carboxylic acid groups (broad SMARTS) is 1. The molecule has 0 atom stereocenters. The van der Waals surface area contributed by atoms with Crippen LogP contribution in [-0.2, 0) is 0 Å². The number of carboxylic acids is 1. The van der Waals surface area contributed by atoms with Gasteiger partial charge in [-0.05, 0) is 13.0 Å². The lowest BCUT2D eigenvalue weighted by Crippen LogP contribution is -2.03. The number of hydrogen-bond acceptors (Lipinski definition) is 1. The highest BCUT2D eigenvalue weighted by Crippen LogP contribution is 2.30. The molecule has 0 spiro atoms. The monoisotopic (exact) mass is 266 g/mol. The first-order valence-corrected chi connectivity index (χ1v) is 5.39. The summed E-state index contributed by atoms with van der Waals surface area (Å²) in [7, 11) is 0. The average molecular weight is 266 g/mol. The van der Waals surface area contributed by atoms with Gasteiger partial charge >= 0.3 is 5.97 Å². The van der Waals surface area contributed by atoms with E-state index < -0.39 is 29.0 Å². The second-order valence-corrected chi connectivity index (χ2v) is 4.10. The van der Waals surface area contributed by atoms with Gasteiger partial charge in [0.15, 0.2) is 0 Å². The van der Waals surface area contributed by atoms with Gasteiger partial charge in [-0.1, -0.05) is 17.7 Å². The van der Waals surface area contributed by atoms with E-state index in [2.05, 4.69) is 0 Å². The third-order valence-corrected chi connectivity index (χ3v) is 2.68. The molecule has 0 heterocycles. The van der Waals surface area contributed by atoms with Gasteiger partial charge in [-0.25, -0.2) is 18.0 Å². The molecule has 5 heteroatoms. The molecule has 0 unspecified atom stereocenters. The highest BCUT2D eigenvalue weighted by atomic mass is 19.1. The van der Waals surface area contributed by atoms with E-state index in [4.69, 9.17) is 5.11 Å². The van der Waals surface area contributed by atoms with Crippen LogP contribution in [0.3, 0.4) is 0 Å². The van der Waals surface area contributed by atoms with Gasteiger partial charge in [-0.15, -0.1) is 0 Å². The SMILES string of the molecule is Cc1ccc(C(=O)O)c(-c2c(F)cc(F)cc2F)c1. The predicted molar refractivity (Wildman–Crippen MR) is 63.4 cm³/mol. The molecule has 0 radical (unpaired) electrons. The first-order valence-electron chi connectivity index (χ1n) is 5.39. The van der Waals surface area contributed by atoms with Crippen LogP contribution in [0.1, 0.15) is 15.9 Å². The van der Waals surface area contributed by atoms with Crippen molar-refractivity contribution in [2.24, 2.45) is 0 Å². The number of rotatable bonds is 2. The van der Waals surface area contributed by atoms with Gasteiger partial charge in [0.05, 0.1) is 11.1 Å². The molecule has 19 heavy (non-hydrogen) atoms. The lowest BCUT2D eigenvalue weighted by atomic mass is 9.96. The van der Waals surface area contributed by atoms with Crippen LogP contribution >= 0.6 is 0 Å². The fourth-order valence-corrected chi connectivity index (χ4v) is 1.85. The smallest absolute Gasteiger partial charge is 0.336 e. The average Bonchev–Trinajstić information content (AvgIpc) is 2.27. The molecular weight excluding hydrogens is 257 g/mol. The van der Waals surface area contributed by atoms with E-state index in [0.29, 0.717) is 17.7 Å². The molecular formula is C14H9F3O2. The van der Waals surface area contributed by atoms with Crippen LogP contribution in [0.15, 0.2) is 30.3 Å². The fourth-order valence-electron chi connectivity index (χ4n) is 1.85. The lowest BCUT2D eigenvalue weighted by molar-refractivity contribution is 0.0697. The summed E-state index contributed by atoms with van der Waals surface area (Å²) in [5.74, 6) is -4.63. The Morgan fingerprint density at radius 3 is 2.16 bits per heavy atom. The zero-order chi connectivity index (χ0) is 14.2. The van der Waals surface area contributed by atoms with Gasteiger partial charge < -0.3 is 5.11 Å². The van der Waals surface area contributed by atoms with Crippen molar-refractivity contribution in [3.05, 3.63) is 58.9 Å². The van der Waals surface area contributed by atoms with Crippen molar-refractivity contribution in [2.45, 2.75) is 6.92 Å². The molecule has 0 aromatic heterocycles. The van der Waals surface area contributed by atoms with Crippen LogP contribution in [0.5, 0.6) is 0 Å². The molecule has 0 amide bonds. The molecule has 0 aliphatic heterocycles. The van der Waals surface area contributed by atoms with E-state index >= 15 is 0 Å². The minimum atomic E-state index is -1.31. The maximum atomic E-state index is 13.7. The fraction of sp³-hybridized carbons (Fsp3) is 0.0714. The highest BCUT2D eigenvalue weighted by molar-refractivity contribution is 5.96. The summed E-state index contributed by atoms with van der Waals surface area (Å²) in [5, 5.41) is 9.04. The van der Waals surface area contributed by atoms with E-state index in [0.717, 1.165) is 0 Å². The summed E-state index contributed by atoms with van der Waals surface area (Å²) in [6.45, 7) is 1.66. The summed E-state index contributed by atoms with van der Waals surface area (Å²) < 4.78 is 40.3. The minimum Gasteiger partial charge on any atom is -0.478 e. The van der Waals surface area contributed by atoms with Crippen molar-refractivity contribution in [2.75, 3.05) is 0 Å². The summed E-state index contributed by atoms with van der Waals surface area (Å²) in [4.78, 5) is 11.1. The van der Waals surface area contributed by atoms with Gasteiger partial charge in [0, 0.05) is 17.7 Å². The van der Waals surface area contributed by atoms with Crippen LogP contribution in [0, 0.1) is 24.4 Å². The van der Waals surface area contributed by atoms with Crippen molar-refractivity contribution in [1.29, 1.82) is 0 Å². The first kappa shape index (κ1) is 13.1. The number of aryl methyl sites for hydroxylation is 1. The third kappa shape index (κ3) is 2.45. The number of carbonyl (C=O) groups is 1. The number of halogens is 3. The second kappa shape index (κ2) is 4.76. The van der Waals surface area contributed by atoms with Gasteiger partial charge in [0.1, 0.15) is 17.5 Å². The molecule has 0 aliphatic rings. The topological polar surface area (TPSA) is 37.3 Å². The number of benzene rings is 2.